The quantitative estimate of drug-likeness (QED) is 0.170. The number of hydrogen-bond acceptors (Lipinski definition) is 10. The smallest absolute Gasteiger partial charge is 0.413 e. The number of carbonyl (C=O) groups excluding carboxylic acids is 4. The number of piperidine rings is 2. The summed E-state index contributed by atoms with van der Waals surface area (Å²) in [5.74, 6) is 0.228. The van der Waals surface area contributed by atoms with Gasteiger partial charge in [0.15, 0.2) is 0 Å². The van der Waals surface area contributed by atoms with Crippen LogP contribution >= 0.6 is 0 Å². The van der Waals surface area contributed by atoms with Crippen LogP contribution in [0.15, 0.2) is 61.2 Å². The van der Waals surface area contributed by atoms with Crippen molar-refractivity contribution >= 4 is 46.3 Å². The van der Waals surface area contributed by atoms with E-state index in [9.17, 15) is 19.2 Å². The lowest BCUT2D eigenvalue weighted by molar-refractivity contribution is -0.137. The summed E-state index contributed by atoms with van der Waals surface area (Å²) in [7, 11) is 0. The number of anilines is 2. The number of hydrogen-bond donors (Lipinski definition) is 5. The van der Waals surface area contributed by atoms with E-state index in [4.69, 9.17) is 4.74 Å². The molecule has 2 unspecified atom stereocenters. The molecule has 3 fully saturated rings. The highest BCUT2D eigenvalue weighted by molar-refractivity contribution is 5.93. The topological polar surface area (TPSA) is 190 Å². The number of piperazine rings is 1. The third-order valence-electron chi connectivity index (χ3n) is 11.8. The second-order valence-corrected chi connectivity index (χ2v) is 15.4. The Kier molecular flexibility index (Phi) is 10.7. The van der Waals surface area contributed by atoms with E-state index in [2.05, 4.69) is 46.3 Å². The number of rotatable bonds is 9. The minimum Gasteiger partial charge on any atom is -0.437 e. The lowest BCUT2D eigenvalue weighted by atomic mass is 9.83. The molecule has 5 amide bonds. The van der Waals surface area contributed by atoms with E-state index in [-0.39, 0.29) is 18.2 Å². The molecule has 16 heteroatoms. The number of urea groups is 1. The molecule has 56 heavy (non-hydrogen) atoms. The SMILES string of the molecule is Cc1cc(CC(NC(=O)N2CCC3(CC2)OC(=O)Nc2ncccc23)C(=O)NC(CC2CCNCC2)C(=O)N2CCN(c3ccncc3)CC2)cc2cn[nH]c12. The fourth-order valence-corrected chi connectivity index (χ4v) is 8.69. The number of fused-ring (bicyclic) bond motifs is 3. The highest BCUT2D eigenvalue weighted by atomic mass is 16.6. The van der Waals surface area contributed by atoms with Crippen LogP contribution in [0.5, 0.6) is 0 Å². The summed E-state index contributed by atoms with van der Waals surface area (Å²) in [5.41, 5.74) is 3.68. The minimum absolute atomic E-state index is 0.0976. The van der Waals surface area contributed by atoms with Gasteiger partial charge in [0.2, 0.25) is 11.8 Å². The molecule has 1 spiro atoms. The van der Waals surface area contributed by atoms with Gasteiger partial charge in [0.1, 0.15) is 23.5 Å². The molecule has 0 saturated carbocycles. The van der Waals surface area contributed by atoms with Crippen molar-refractivity contribution in [2.75, 3.05) is 62.6 Å². The Morgan fingerprint density at radius 2 is 1.71 bits per heavy atom. The number of nitrogens with one attached hydrogen (secondary N) is 5. The van der Waals surface area contributed by atoms with E-state index in [1.165, 1.54) is 0 Å². The van der Waals surface area contributed by atoms with Gasteiger partial charge in [-0.25, -0.2) is 14.6 Å². The zero-order valence-corrected chi connectivity index (χ0v) is 31.6. The van der Waals surface area contributed by atoms with E-state index in [1.807, 2.05) is 42.2 Å². The fourth-order valence-electron chi connectivity index (χ4n) is 8.69. The zero-order valence-electron chi connectivity index (χ0n) is 31.6. The number of pyridine rings is 2. The highest BCUT2D eigenvalue weighted by Gasteiger charge is 2.46. The number of ether oxygens (including phenoxy) is 1. The molecule has 8 rings (SSSR count). The van der Waals surface area contributed by atoms with Crippen molar-refractivity contribution in [3.05, 3.63) is 77.9 Å². The van der Waals surface area contributed by atoms with Crippen LogP contribution in [-0.2, 0) is 26.3 Å². The number of likely N-dealkylation sites (tertiary alicyclic amines) is 1. The second kappa shape index (κ2) is 16.1. The first-order valence-corrected chi connectivity index (χ1v) is 19.6. The van der Waals surface area contributed by atoms with Crippen LogP contribution in [0.3, 0.4) is 0 Å². The molecule has 3 saturated heterocycles. The Bertz CT molecular complexity index is 2050. The molecule has 5 N–H and O–H groups in total. The molecule has 0 bridgehead atoms. The van der Waals surface area contributed by atoms with Gasteiger partial charge in [-0.2, -0.15) is 5.10 Å². The third-order valence-corrected chi connectivity index (χ3v) is 11.8. The predicted octanol–water partition coefficient (Wildman–Crippen LogP) is 3.06. The monoisotopic (exact) mass is 763 g/mol. The largest absolute Gasteiger partial charge is 0.437 e. The van der Waals surface area contributed by atoms with Gasteiger partial charge in [-0.1, -0.05) is 6.07 Å². The number of nitrogens with zero attached hydrogens (tertiary/aromatic N) is 6. The summed E-state index contributed by atoms with van der Waals surface area (Å²) >= 11 is 0. The van der Waals surface area contributed by atoms with Crippen molar-refractivity contribution in [3.8, 4) is 0 Å². The van der Waals surface area contributed by atoms with Crippen molar-refractivity contribution in [2.24, 2.45) is 5.92 Å². The van der Waals surface area contributed by atoms with Crippen LogP contribution in [0.4, 0.5) is 21.1 Å². The van der Waals surface area contributed by atoms with Crippen LogP contribution in [0.2, 0.25) is 0 Å². The van der Waals surface area contributed by atoms with Crippen molar-refractivity contribution in [3.63, 3.8) is 0 Å². The number of aromatic amines is 1. The summed E-state index contributed by atoms with van der Waals surface area (Å²) in [6.45, 7) is 6.72. The molecule has 0 radical (unpaired) electrons. The van der Waals surface area contributed by atoms with Gasteiger partial charge in [-0.15, -0.1) is 0 Å². The van der Waals surface area contributed by atoms with Gasteiger partial charge in [0.25, 0.3) is 0 Å². The van der Waals surface area contributed by atoms with E-state index in [0.717, 1.165) is 59.2 Å². The Balaban J connectivity index is 0.999. The maximum Gasteiger partial charge on any atom is 0.413 e. The molecule has 3 aromatic heterocycles. The fraction of sp³-hybridized carbons (Fsp3) is 0.475. The van der Waals surface area contributed by atoms with Gasteiger partial charge in [-0.05, 0) is 86.7 Å². The van der Waals surface area contributed by atoms with Gasteiger partial charge < -0.3 is 35.4 Å². The first kappa shape index (κ1) is 37.2. The number of benzene rings is 1. The van der Waals surface area contributed by atoms with Crippen LogP contribution in [-0.4, -0.2) is 118 Å². The number of aromatic nitrogens is 4. The lowest BCUT2D eigenvalue weighted by Gasteiger charge is -2.43. The average Bonchev–Trinajstić information content (AvgIpc) is 3.71. The summed E-state index contributed by atoms with van der Waals surface area (Å²) in [5, 5.41) is 20.4. The molecule has 4 aliphatic heterocycles. The molecular formula is C40H49N11O5. The first-order valence-electron chi connectivity index (χ1n) is 19.6. The van der Waals surface area contributed by atoms with Crippen LogP contribution in [0, 0.1) is 12.8 Å². The Morgan fingerprint density at radius 1 is 0.946 bits per heavy atom. The molecule has 294 valence electrons. The average molecular weight is 764 g/mol. The van der Waals surface area contributed by atoms with Crippen LogP contribution in [0.25, 0.3) is 10.9 Å². The molecule has 16 nitrogen and oxygen atoms in total. The van der Waals surface area contributed by atoms with Crippen LogP contribution < -0.4 is 26.2 Å². The normalized spacial score (nSPS) is 19.4. The van der Waals surface area contributed by atoms with Crippen molar-refractivity contribution < 1.29 is 23.9 Å². The number of carbonyl (C=O) groups is 4. The number of aryl methyl sites for hydroxylation is 1. The number of amides is 5. The zero-order chi connectivity index (χ0) is 38.6. The minimum atomic E-state index is -0.976. The summed E-state index contributed by atoms with van der Waals surface area (Å²) in [6, 6.07) is 9.48. The van der Waals surface area contributed by atoms with Gasteiger partial charge in [0, 0.05) is 93.8 Å². The molecule has 1 aromatic carbocycles. The van der Waals surface area contributed by atoms with Gasteiger partial charge >= 0.3 is 12.1 Å². The number of H-pyrrole nitrogens is 1. The van der Waals surface area contributed by atoms with Gasteiger partial charge in [0.05, 0.1) is 11.7 Å². The molecule has 4 aromatic rings. The summed E-state index contributed by atoms with van der Waals surface area (Å²) in [4.78, 5) is 69.6. The Morgan fingerprint density at radius 3 is 2.48 bits per heavy atom. The van der Waals surface area contributed by atoms with Crippen molar-refractivity contribution in [1.29, 1.82) is 0 Å². The van der Waals surface area contributed by atoms with Gasteiger partial charge in [-0.3, -0.25) is 25.0 Å². The van der Waals surface area contributed by atoms with E-state index < -0.39 is 35.7 Å². The van der Waals surface area contributed by atoms with E-state index >= 15 is 0 Å². The Labute approximate surface area is 325 Å². The Hall–Kier alpha value is -5.77. The standard InChI is InChI=1S/C40H49N11O5/c1-26-21-28(22-29-25-44-48-34(26)29)24-32(46-38(54)51-15-8-40(9-16-51)31-3-2-10-43-35(31)47-39(55)56-40)36(52)45-33(23-27-4-11-41-12-5-27)37(53)50-19-17-49(18-20-50)30-6-13-42-14-7-30/h2-3,6-7,10,13-14,21-22,25,27,32-33,41H,4-5,8-9,11-12,15-20,23-24H2,1H3,(H,44,48)(H,45,52)(H,46,54)(H,43,47,55). The first-order chi connectivity index (χ1) is 27.2. The molecule has 7 heterocycles. The van der Waals surface area contributed by atoms with Crippen molar-refractivity contribution in [2.45, 2.75) is 63.1 Å². The summed E-state index contributed by atoms with van der Waals surface area (Å²) < 4.78 is 5.85. The molecule has 2 atom stereocenters. The maximum atomic E-state index is 14.5. The van der Waals surface area contributed by atoms with Crippen LogP contribution in [0.1, 0.15) is 48.8 Å². The predicted molar refractivity (Wildman–Crippen MR) is 209 cm³/mol. The molecule has 0 aliphatic carbocycles. The summed E-state index contributed by atoms with van der Waals surface area (Å²) in [6.07, 6.45) is 9.65. The molecule has 4 aliphatic rings. The third kappa shape index (κ3) is 7.96. The van der Waals surface area contributed by atoms with E-state index in [1.54, 1.807) is 35.8 Å². The lowest BCUT2D eigenvalue weighted by Crippen LogP contribution is -2.59. The highest BCUT2D eigenvalue weighted by Crippen LogP contribution is 2.42. The second-order valence-electron chi connectivity index (χ2n) is 15.4. The maximum absolute atomic E-state index is 14.5. The molecular weight excluding hydrogens is 715 g/mol. The van der Waals surface area contributed by atoms with E-state index in [0.29, 0.717) is 64.3 Å². The van der Waals surface area contributed by atoms with Crippen molar-refractivity contribution in [1.82, 2.24) is 45.9 Å².